The Kier molecular flexibility index (Phi) is 5.27. The van der Waals surface area contributed by atoms with Crippen molar-refractivity contribution in [3.05, 3.63) is 71.6 Å². The minimum absolute atomic E-state index is 0.309. The van der Waals surface area contributed by atoms with E-state index in [4.69, 9.17) is 0 Å². The van der Waals surface area contributed by atoms with Gasteiger partial charge < -0.3 is 10.2 Å². The monoisotopic (exact) mass is 388 g/mol. The first-order chi connectivity index (χ1) is 13.2. The summed E-state index contributed by atoms with van der Waals surface area (Å²) in [6.45, 7) is 6.05. The third-order valence-electron chi connectivity index (χ3n) is 4.92. The molecule has 0 aliphatic carbocycles. The fourth-order valence-electron chi connectivity index (χ4n) is 3.34. The van der Waals surface area contributed by atoms with Crippen LogP contribution in [-0.4, -0.2) is 30.3 Å². The molecule has 2 atom stereocenters. The SMILES string of the molecule is C=C(C)c1ccc([C@H]2CN(C)C(=O)[C@@H]2C(=O)Nc2ccc(F)c(F)c2F)cc1. The molecule has 0 spiro atoms. The quantitative estimate of drug-likeness (QED) is 0.637. The number of hydrogen-bond donors (Lipinski definition) is 1. The standard InChI is InChI=1S/C21H19F3N2O2/c1-11(2)12-4-6-13(7-5-12)14-10-26(3)21(28)17(14)20(27)25-16-9-8-15(22)18(23)19(16)24/h4-9,14,17H,1,10H2,2-3H3,(H,25,27)/t14-,17+/m1/s1. The molecule has 1 N–H and O–H groups in total. The topological polar surface area (TPSA) is 49.4 Å². The van der Waals surface area contributed by atoms with Gasteiger partial charge in [-0.25, -0.2) is 13.2 Å². The second-order valence-corrected chi connectivity index (χ2v) is 6.92. The fraction of sp³-hybridized carbons (Fsp3) is 0.238. The lowest BCUT2D eigenvalue weighted by atomic mass is 9.87. The van der Waals surface area contributed by atoms with Gasteiger partial charge in [-0.3, -0.25) is 9.59 Å². The van der Waals surface area contributed by atoms with Crippen LogP contribution in [0.15, 0.2) is 43.0 Å². The van der Waals surface area contributed by atoms with Crippen LogP contribution in [0.25, 0.3) is 5.57 Å². The van der Waals surface area contributed by atoms with Crippen LogP contribution in [-0.2, 0) is 9.59 Å². The number of halogens is 3. The first kappa shape index (κ1) is 19.7. The van der Waals surface area contributed by atoms with Crippen LogP contribution in [0.4, 0.5) is 18.9 Å². The Morgan fingerprint density at radius 2 is 1.75 bits per heavy atom. The van der Waals surface area contributed by atoms with E-state index in [-0.39, 0.29) is 0 Å². The lowest BCUT2D eigenvalue weighted by Crippen LogP contribution is -2.33. The summed E-state index contributed by atoms with van der Waals surface area (Å²) in [6, 6.07) is 8.98. The molecule has 0 radical (unpaired) electrons. The number of carbonyl (C=O) groups excluding carboxylic acids is 2. The summed E-state index contributed by atoms with van der Waals surface area (Å²) in [5.41, 5.74) is 2.08. The van der Waals surface area contributed by atoms with Crippen molar-refractivity contribution >= 4 is 23.1 Å². The Bertz CT molecular complexity index is 957. The second-order valence-electron chi connectivity index (χ2n) is 6.92. The molecule has 28 heavy (non-hydrogen) atoms. The van der Waals surface area contributed by atoms with Crippen LogP contribution < -0.4 is 5.32 Å². The van der Waals surface area contributed by atoms with Crippen LogP contribution in [0, 0.1) is 23.4 Å². The first-order valence-electron chi connectivity index (χ1n) is 8.66. The molecule has 1 aliphatic heterocycles. The summed E-state index contributed by atoms with van der Waals surface area (Å²) in [5, 5.41) is 2.22. The Balaban J connectivity index is 1.89. The lowest BCUT2D eigenvalue weighted by molar-refractivity contribution is -0.135. The van der Waals surface area contributed by atoms with Gasteiger partial charge >= 0.3 is 0 Å². The molecule has 2 aromatic rings. The summed E-state index contributed by atoms with van der Waals surface area (Å²) >= 11 is 0. The number of allylic oxidation sites excluding steroid dienone is 1. The number of nitrogens with one attached hydrogen (secondary N) is 1. The predicted molar refractivity (Wildman–Crippen MR) is 100.0 cm³/mol. The van der Waals surface area contributed by atoms with Crippen molar-refractivity contribution in [1.82, 2.24) is 4.90 Å². The van der Waals surface area contributed by atoms with Crippen LogP contribution in [0.3, 0.4) is 0 Å². The first-order valence-corrected chi connectivity index (χ1v) is 8.66. The average Bonchev–Trinajstić information content (AvgIpc) is 2.97. The molecule has 1 saturated heterocycles. The molecule has 1 aliphatic rings. The molecule has 2 amide bonds. The van der Waals surface area contributed by atoms with Crippen molar-refractivity contribution in [1.29, 1.82) is 0 Å². The highest BCUT2D eigenvalue weighted by Gasteiger charge is 2.44. The molecule has 0 bridgehead atoms. The van der Waals surface area contributed by atoms with Gasteiger partial charge in [-0.2, -0.15) is 0 Å². The predicted octanol–water partition coefficient (Wildman–Crippen LogP) is 3.95. The summed E-state index contributed by atoms with van der Waals surface area (Å²) in [5.74, 6) is -7.29. The van der Waals surface area contributed by atoms with E-state index in [2.05, 4.69) is 11.9 Å². The molecule has 4 nitrogen and oxygen atoms in total. The number of rotatable bonds is 4. The van der Waals surface area contributed by atoms with Crippen molar-refractivity contribution in [2.75, 3.05) is 18.9 Å². The minimum atomic E-state index is -1.68. The zero-order valence-electron chi connectivity index (χ0n) is 15.4. The molecule has 0 unspecified atom stereocenters. The number of likely N-dealkylation sites (N-methyl/N-ethyl adjacent to an activating group) is 1. The fourth-order valence-corrected chi connectivity index (χ4v) is 3.34. The van der Waals surface area contributed by atoms with Gasteiger partial charge in [0.1, 0.15) is 5.92 Å². The van der Waals surface area contributed by atoms with Gasteiger partial charge in [0.25, 0.3) is 0 Å². The van der Waals surface area contributed by atoms with E-state index < -0.39 is 46.8 Å². The molecular weight excluding hydrogens is 369 g/mol. The number of nitrogens with zero attached hydrogens (tertiary/aromatic N) is 1. The maximum atomic E-state index is 13.9. The largest absolute Gasteiger partial charge is 0.344 e. The van der Waals surface area contributed by atoms with Crippen molar-refractivity contribution in [2.24, 2.45) is 5.92 Å². The van der Waals surface area contributed by atoms with E-state index in [1.54, 1.807) is 7.05 Å². The normalized spacial score (nSPS) is 19.0. The lowest BCUT2D eigenvalue weighted by Gasteiger charge is -2.18. The Morgan fingerprint density at radius 1 is 1.11 bits per heavy atom. The molecule has 2 aromatic carbocycles. The van der Waals surface area contributed by atoms with E-state index in [0.717, 1.165) is 22.8 Å². The van der Waals surface area contributed by atoms with Gasteiger partial charge in [0.05, 0.1) is 5.69 Å². The maximum absolute atomic E-state index is 13.9. The Hall–Kier alpha value is -3.09. The van der Waals surface area contributed by atoms with E-state index in [1.165, 1.54) is 4.90 Å². The third kappa shape index (κ3) is 3.52. The maximum Gasteiger partial charge on any atom is 0.237 e. The van der Waals surface area contributed by atoms with Gasteiger partial charge in [0.15, 0.2) is 17.5 Å². The highest BCUT2D eigenvalue weighted by atomic mass is 19.2. The summed E-state index contributed by atoms with van der Waals surface area (Å²) in [6.07, 6.45) is 0. The summed E-state index contributed by atoms with van der Waals surface area (Å²) < 4.78 is 40.4. The average molecular weight is 388 g/mol. The number of amides is 2. The second kappa shape index (κ2) is 7.50. The van der Waals surface area contributed by atoms with Gasteiger partial charge in [0.2, 0.25) is 11.8 Å². The molecule has 0 saturated carbocycles. The van der Waals surface area contributed by atoms with Gasteiger partial charge in [0, 0.05) is 19.5 Å². The van der Waals surface area contributed by atoms with Crippen molar-refractivity contribution in [3.63, 3.8) is 0 Å². The van der Waals surface area contributed by atoms with Gasteiger partial charge in [-0.15, -0.1) is 0 Å². The molecule has 3 rings (SSSR count). The van der Waals surface area contributed by atoms with Crippen molar-refractivity contribution in [2.45, 2.75) is 12.8 Å². The molecule has 7 heteroatoms. The molecular formula is C21H19F3N2O2. The van der Waals surface area contributed by atoms with Gasteiger partial charge in [-0.1, -0.05) is 36.4 Å². The smallest absolute Gasteiger partial charge is 0.237 e. The summed E-state index contributed by atoms with van der Waals surface area (Å²) in [7, 11) is 1.57. The zero-order chi connectivity index (χ0) is 20.6. The number of benzene rings is 2. The van der Waals surface area contributed by atoms with Crippen molar-refractivity contribution < 1.29 is 22.8 Å². The summed E-state index contributed by atoms with van der Waals surface area (Å²) in [4.78, 5) is 26.7. The Labute approximate surface area is 160 Å². The van der Waals surface area contributed by atoms with Gasteiger partial charge in [-0.05, 0) is 30.2 Å². The van der Waals surface area contributed by atoms with E-state index >= 15 is 0 Å². The molecule has 0 aromatic heterocycles. The third-order valence-corrected chi connectivity index (χ3v) is 4.92. The number of carbonyl (C=O) groups is 2. The van der Waals surface area contributed by atoms with Crippen molar-refractivity contribution in [3.8, 4) is 0 Å². The molecule has 146 valence electrons. The highest BCUT2D eigenvalue weighted by molar-refractivity contribution is 6.08. The van der Waals surface area contributed by atoms with E-state index in [0.29, 0.717) is 12.6 Å². The molecule has 1 heterocycles. The van der Waals surface area contributed by atoms with Crippen LogP contribution in [0.5, 0.6) is 0 Å². The van der Waals surface area contributed by atoms with E-state index in [1.807, 2.05) is 31.2 Å². The number of hydrogen-bond acceptors (Lipinski definition) is 2. The van der Waals surface area contributed by atoms with Crippen LogP contribution in [0.1, 0.15) is 24.0 Å². The zero-order valence-corrected chi connectivity index (χ0v) is 15.4. The minimum Gasteiger partial charge on any atom is -0.344 e. The highest BCUT2D eigenvalue weighted by Crippen LogP contribution is 2.35. The number of likely N-dealkylation sites (tertiary alicyclic amines) is 1. The van der Waals surface area contributed by atoms with E-state index in [9.17, 15) is 22.8 Å². The Morgan fingerprint density at radius 3 is 2.36 bits per heavy atom. The van der Waals surface area contributed by atoms with Crippen LogP contribution in [0.2, 0.25) is 0 Å². The number of anilines is 1. The van der Waals surface area contributed by atoms with Crippen LogP contribution >= 0.6 is 0 Å². The molecule has 1 fully saturated rings.